The number of nitrogens with zero attached hydrogens (tertiary/aromatic N) is 2. The van der Waals surface area contributed by atoms with Gasteiger partial charge in [0.1, 0.15) is 5.75 Å². The number of methoxy groups -OCH3 is 1. The molecule has 0 radical (unpaired) electrons. The summed E-state index contributed by atoms with van der Waals surface area (Å²) in [6.45, 7) is 4.41. The number of hydrogen-bond acceptors (Lipinski definition) is 3. The summed E-state index contributed by atoms with van der Waals surface area (Å²) in [5.74, 6) is 1.27. The number of fused-ring (bicyclic) bond motifs is 1. The maximum atomic E-state index is 5.43. The molecule has 3 aromatic carbocycles. The SMILES string of the molecule is COc1ccc(CN2C[C@@H]3CCCN3[C@H](C(c3ccccc3)c3ccccc3)C2)cc1Br. The van der Waals surface area contributed by atoms with Crippen LogP contribution in [0.5, 0.6) is 5.75 Å². The van der Waals surface area contributed by atoms with E-state index in [1.807, 2.05) is 0 Å². The molecule has 2 heterocycles. The van der Waals surface area contributed by atoms with E-state index in [4.69, 9.17) is 4.74 Å². The van der Waals surface area contributed by atoms with Gasteiger partial charge in [0.05, 0.1) is 11.6 Å². The van der Waals surface area contributed by atoms with Crippen LogP contribution in [0.25, 0.3) is 0 Å². The van der Waals surface area contributed by atoms with Crippen molar-refractivity contribution in [3.63, 3.8) is 0 Å². The monoisotopic (exact) mass is 490 g/mol. The topological polar surface area (TPSA) is 15.7 Å². The molecule has 0 amide bonds. The van der Waals surface area contributed by atoms with Crippen molar-refractivity contribution in [3.05, 3.63) is 100 Å². The van der Waals surface area contributed by atoms with Gasteiger partial charge in [-0.05, 0) is 64.1 Å². The number of halogens is 1. The Morgan fingerprint density at radius 2 is 1.62 bits per heavy atom. The lowest BCUT2D eigenvalue weighted by molar-refractivity contribution is 0.0384. The highest BCUT2D eigenvalue weighted by Crippen LogP contribution is 2.38. The van der Waals surface area contributed by atoms with E-state index in [9.17, 15) is 0 Å². The van der Waals surface area contributed by atoms with Crippen molar-refractivity contribution < 1.29 is 4.74 Å². The number of piperazine rings is 1. The second-order valence-corrected chi connectivity index (χ2v) is 9.92. The number of rotatable bonds is 6. The van der Waals surface area contributed by atoms with Crippen LogP contribution in [0, 0.1) is 0 Å². The molecule has 0 bridgehead atoms. The molecule has 0 aliphatic carbocycles. The highest BCUT2D eigenvalue weighted by Gasteiger charge is 2.41. The molecule has 166 valence electrons. The van der Waals surface area contributed by atoms with Crippen LogP contribution >= 0.6 is 15.9 Å². The Labute approximate surface area is 200 Å². The van der Waals surface area contributed by atoms with Crippen LogP contribution in [0.1, 0.15) is 35.4 Å². The summed E-state index contributed by atoms with van der Waals surface area (Å²) in [5, 5.41) is 0. The molecule has 2 aliphatic heterocycles. The molecule has 0 saturated carbocycles. The summed E-state index contributed by atoms with van der Waals surface area (Å²) < 4.78 is 6.45. The predicted octanol–water partition coefficient (Wildman–Crippen LogP) is 5.94. The molecule has 3 aromatic rings. The minimum Gasteiger partial charge on any atom is -0.496 e. The molecule has 0 spiro atoms. The summed E-state index contributed by atoms with van der Waals surface area (Å²) in [6.07, 6.45) is 2.61. The minimum atomic E-state index is 0.378. The fourth-order valence-electron chi connectivity index (χ4n) is 5.68. The quantitative estimate of drug-likeness (QED) is 0.425. The Kier molecular flexibility index (Phi) is 6.63. The fraction of sp³-hybridized carbons (Fsp3) is 0.357. The van der Waals surface area contributed by atoms with Crippen molar-refractivity contribution in [2.45, 2.75) is 37.4 Å². The van der Waals surface area contributed by atoms with Crippen molar-refractivity contribution in [2.75, 3.05) is 26.7 Å². The number of hydrogen-bond donors (Lipinski definition) is 0. The molecule has 32 heavy (non-hydrogen) atoms. The van der Waals surface area contributed by atoms with Gasteiger partial charge in [0.25, 0.3) is 0 Å². The van der Waals surface area contributed by atoms with Crippen LogP contribution in [0.4, 0.5) is 0 Å². The van der Waals surface area contributed by atoms with Crippen molar-refractivity contribution in [1.82, 2.24) is 9.80 Å². The average Bonchev–Trinajstić information content (AvgIpc) is 3.30. The fourth-order valence-corrected chi connectivity index (χ4v) is 6.27. The first kappa shape index (κ1) is 21.7. The van der Waals surface area contributed by atoms with E-state index in [0.717, 1.165) is 29.9 Å². The van der Waals surface area contributed by atoms with Crippen LogP contribution in [0.15, 0.2) is 83.3 Å². The van der Waals surface area contributed by atoms with Gasteiger partial charge in [-0.25, -0.2) is 0 Å². The normalized spacial score (nSPS) is 21.6. The molecule has 2 atom stereocenters. The molecule has 5 rings (SSSR count). The molecular formula is C28H31BrN2O. The van der Waals surface area contributed by atoms with Crippen LogP contribution in [0.3, 0.4) is 0 Å². The standard InChI is InChI=1S/C28H31BrN2O/c1-32-27-15-14-21(17-25(27)29)18-30-19-24-13-8-16-31(24)26(20-30)28(22-9-4-2-5-10-22)23-11-6-3-7-12-23/h2-7,9-12,14-15,17,24,26,28H,8,13,16,18-20H2,1H3/t24-,26-/m0/s1. The van der Waals surface area contributed by atoms with Gasteiger partial charge in [0.2, 0.25) is 0 Å². The van der Waals surface area contributed by atoms with Gasteiger partial charge in [-0.3, -0.25) is 9.80 Å². The van der Waals surface area contributed by atoms with Crippen LogP contribution in [-0.4, -0.2) is 48.6 Å². The zero-order chi connectivity index (χ0) is 21.9. The lowest BCUT2D eigenvalue weighted by atomic mass is 9.82. The molecule has 4 heteroatoms. The molecular weight excluding hydrogens is 460 g/mol. The van der Waals surface area contributed by atoms with E-state index in [2.05, 4.69) is 105 Å². The van der Waals surface area contributed by atoms with E-state index in [0.29, 0.717) is 18.0 Å². The zero-order valence-electron chi connectivity index (χ0n) is 18.7. The highest BCUT2D eigenvalue weighted by molar-refractivity contribution is 9.10. The van der Waals surface area contributed by atoms with E-state index >= 15 is 0 Å². The molecule has 0 aromatic heterocycles. The van der Waals surface area contributed by atoms with Gasteiger partial charge in [-0.2, -0.15) is 0 Å². The number of benzene rings is 3. The third kappa shape index (κ3) is 4.50. The molecule has 0 N–H and O–H groups in total. The molecule has 3 nitrogen and oxygen atoms in total. The van der Waals surface area contributed by atoms with Gasteiger partial charge in [-0.1, -0.05) is 66.7 Å². The zero-order valence-corrected chi connectivity index (χ0v) is 20.2. The van der Waals surface area contributed by atoms with E-state index < -0.39 is 0 Å². The highest BCUT2D eigenvalue weighted by atomic mass is 79.9. The lowest BCUT2D eigenvalue weighted by Crippen LogP contribution is -2.57. The third-order valence-electron chi connectivity index (χ3n) is 7.09. The van der Waals surface area contributed by atoms with Crippen molar-refractivity contribution in [1.29, 1.82) is 0 Å². The number of ether oxygens (including phenoxy) is 1. The van der Waals surface area contributed by atoms with Gasteiger partial charge in [0.15, 0.2) is 0 Å². The summed E-state index contributed by atoms with van der Waals surface area (Å²) in [7, 11) is 1.72. The van der Waals surface area contributed by atoms with Gasteiger partial charge in [0, 0.05) is 37.6 Å². The molecule has 2 aliphatic rings. The Balaban J connectivity index is 1.46. The Morgan fingerprint density at radius 1 is 0.938 bits per heavy atom. The first-order chi connectivity index (χ1) is 15.7. The summed E-state index contributed by atoms with van der Waals surface area (Å²) in [6, 6.07) is 29.8. The van der Waals surface area contributed by atoms with E-state index in [-0.39, 0.29) is 0 Å². The summed E-state index contributed by atoms with van der Waals surface area (Å²) in [4.78, 5) is 5.48. The van der Waals surface area contributed by atoms with E-state index in [1.54, 1.807) is 7.11 Å². The maximum absolute atomic E-state index is 5.43. The van der Waals surface area contributed by atoms with Crippen molar-refractivity contribution >= 4 is 15.9 Å². The van der Waals surface area contributed by atoms with Gasteiger partial charge < -0.3 is 4.74 Å². The minimum absolute atomic E-state index is 0.378. The third-order valence-corrected chi connectivity index (χ3v) is 7.71. The van der Waals surface area contributed by atoms with Gasteiger partial charge >= 0.3 is 0 Å². The average molecular weight is 491 g/mol. The van der Waals surface area contributed by atoms with Gasteiger partial charge in [-0.15, -0.1) is 0 Å². The predicted molar refractivity (Wildman–Crippen MR) is 134 cm³/mol. The van der Waals surface area contributed by atoms with E-state index in [1.165, 1.54) is 36.1 Å². The second kappa shape index (κ2) is 9.78. The molecule has 2 fully saturated rings. The second-order valence-electron chi connectivity index (χ2n) is 9.06. The van der Waals surface area contributed by atoms with Crippen molar-refractivity contribution in [2.24, 2.45) is 0 Å². The lowest BCUT2D eigenvalue weighted by Gasteiger charge is -2.47. The Morgan fingerprint density at radius 3 is 2.25 bits per heavy atom. The summed E-state index contributed by atoms with van der Waals surface area (Å²) in [5.41, 5.74) is 4.17. The Bertz CT molecular complexity index is 987. The van der Waals surface area contributed by atoms with Crippen LogP contribution in [0.2, 0.25) is 0 Å². The van der Waals surface area contributed by atoms with Crippen molar-refractivity contribution in [3.8, 4) is 5.75 Å². The van der Waals surface area contributed by atoms with Crippen LogP contribution < -0.4 is 4.74 Å². The smallest absolute Gasteiger partial charge is 0.133 e. The maximum Gasteiger partial charge on any atom is 0.133 e. The Hall–Kier alpha value is -2.14. The molecule has 0 unspecified atom stereocenters. The molecule has 2 saturated heterocycles. The first-order valence-electron chi connectivity index (χ1n) is 11.6. The summed E-state index contributed by atoms with van der Waals surface area (Å²) >= 11 is 3.66. The first-order valence-corrected chi connectivity index (χ1v) is 12.4. The van der Waals surface area contributed by atoms with Crippen LogP contribution in [-0.2, 0) is 6.54 Å². The largest absolute Gasteiger partial charge is 0.496 e.